The van der Waals surface area contributed by atoms with Gasteiger partial charge in [-0.15, -0.1) is 0 Å². The highest BCUT2D eigenvalue weighted by Crippen LogP contribution is 2.00. The van der Waals surface area contributed by atoms with Gasteiger partial charge in [-0.1, -0.05) is 0 Å². The Bertz CT molecular complexity index is 297. The monoisotopic (exact) mass is 195 g/mol. The van der Waals surface area contributed by atoms with Gasteiger partial charge in [0.2, 0.25) is 5.91 Å². The number of aromatic nitrogens is 2. The van der Waals surface area contributed by atoms with E-state index in [1.165, 1.54) is 12.4 Å². The van der Waals surface area contributed by atoms with Crippen molar-refractivity contribution in [3.63, 3.8) is 0 Å². The number of amides is 1. The quantitative estimate of drug-likeness (QED) is 0.608. The largest absolute Gasteiger partial charge is 0.382 e. The molecule has 1 aromatic rings. The van der Waals surface area contributed by atoms with E-state index in [0.717, 1.165) is 0 Å². The predicted octanol–water partition coefficient (Wildman–Crippen LogP) is -0.393. The summed E-state index contributed by atoms with van der Waals surface area (Å²) in [5.41, 5.74) is 5.35. The average molecular weight is 195 g/mol. The zero-order chi connectivity index (χ0) is 10.4. The van der Waals surface area contributed by atoms with Crippen molar-refractivity contribution in [2.45, 2.75) is 6.92 Å². The van der Waals surface area contributed by atoms with Gasteiger partial charge < -0.3 is 16.4 Å². The van der Waals surface area contributed by atoms with Gasteiger partial charge in [0.05, 0.1) is 18.9 Å². The minimum Gasteiger partial charge on any atom is -0.382 e. The number of nitrogens with one attached hydrogen (secondary N) is 2. The maximum absolute atomic E-state index is 11.0. The normalized spacial score (nSPS) is 9.50. The van der Waals surface area contributed by atoms with Crippen LogP contribution in [-0.4, -0.2) is 29.0 Å². The maximum Gasteiger partial charge on any atom is 0.239 e. The number of carbonyl (C=O) groups is 1. The van der Waals surface area contributed by atoms with Gasteiger partial charge in [0, 0.05) is 6.54 Å². The molecule has 1 rings (SSSR count). The van der Waals surface area contributed by atoms with Crippen LogP contribution in [-0.2, 0) is 4.79 Å². The lowest BCUT2D eigenvalue weighted by Crippen LogP contribution is -2.29. The first kappa shape index (κ1) is 10.2. The Kier molecular flexibility index (Phi) is 3.66. The second-order valence-electron chi connectivity index (χ2n) is 2.63. The predicted molar refractivity (Wildman–Crippen MR) is 53.6 cm³/mol. The van der Waals surface area contributed by atoms with Gasteiger partial charge in [-0.3, -0.25) is 4.79 Å². The summed E-state index contributed by atoms with van der Waals surface area (Å²) >= 11 is 0. The molecule has 0 aromatic carbocycles. The van der Waals surface area contributed by atoms with E-state index in [1.54, 1.807) is 0 Å². The standard InChI is InChI=1S/C8H13N5O/c1-2-10-8(14)5-13-7-4-11-6(9)3-12-7/h3-4H,2,5H2,1H3,(H2,9,11)(H,10,14)(H,12,13). The Hall–Kier alpha value is -1.85. The van der Waals surface area contributed by atoms with Crippen LogP contribution in [0.1, 0.15) is 6.92 Å². The lowest BCUT2D eigenvalue weighted by Gasteiger charge is -2.04. The number of nitrogens with zero attached hydrogens (tertiary/aromatic N) is 2. The molecule has 76 valence electrons. The molecule has 0 aliphatic rings. The fourth-order valence-electron chi connectivity index (χ4n) is 0.860. The van der Waals surface area contributed by atoms with Gasteiger partial charge in [0.25, 0.3) is 0 Å². The summed E-state index contributed by atoms with van der Waals surface area (Å²) in [6.45, 7) is 2.67. The van der Waals surface area contributed by atoms with Crippen LogP contribution in [0.4, 0.5) is 11.6 Å². The second kappa shape index (κ2) is 5.00. The molecule has 1 aromatic heterocycles. The Balaban J connectivity index is 2.38. The number of hydrogen-bond acceptors (Lipinski definition) is 5. The number of carbonyl (C=O) groups excluding carboxylic acids is 1. The van der Waals surface area contributed by atoms with Crippen molar-refractivity contribution < 1.29 is 4.79 Å². The van der Waals surface area contributed by atoms with Crippen LogP contribution in [0.2, 0.25) is 0 Å². The molecular formula is C8H13N5O. The van der Waals surface area contributed by atoms with Crippen LogP contribution in [0.15, 0.2) is 12.4 Å². The van der Waals surface area contributed by atoms with Crippen LogP contribution in [0.3, 0.4) is 0 Å². The number of nitrogens with two attached hydrogens (primary N) is 1. The second-order valence-corrected chi connectivity index (χ2v) is 2.63. The number of hydrogen-bond donors (Lipinski definition) is 3. The maximum atomic E-state index is 11.0. The molecule has 0 atom stereocenters. The summed E-state index contributed by atoms with van der Waals surface area (Å²) in [6.07, 6.45) is 2.91. The Morgan fingerprint density at radius 1 is 1.50 bits per heavy atom. The van der Waals surface area contributed by atoms with E-state index in [0.29, 0.717) is 18.2 Å². The van der Waals surface area contributed by atoms with Crippen LogP contribution in [0.25, 0.3) is 0 Å². The van der Waals surface area contributed by atoms with Crippen molar-refractivity contribution in [1.82, 2.24) is 15.3 Å². The number of likely N-dealkylation sites (N-methyl/N-ethyl adjacent to an activating group) is 1. The van der Waals surface area contributed by atoms with Crippen molar-refractivity contribution in [2.24, 2.45) is 0 Å². The van der Waals surface area contributed by atoms with Crippen molar-refractivity contribution >= 4 is 17.5 Å². The fourth-order valence-corrected chi connectivity index (χ4v) is 0.860. The van der Waals surface area contributed by atoms with Crippen molar-refractivity contribution in [3.05, 3.63) is 12.4 Å². The molecule has 6 heteroatoms. The lowest BCUT2D eigenvalue weighted by molar-refractivity contribution is -0.119. The molecule has 0 unspecified atom stereocenters. The topological polar surface area (TPSA) is 92.9 Å². The molecule has 0 radical (unpaired) electrons. The summed E-state index contributed by atoms with van der Waals surface area (Å²) in [6, 6.07) is 0. The molecular weight excluding hydrogens is 182 g/mol. The first-order valence-corrected chi connectivity index (χ1v) is 4.30. The first-order chi connectivity index (χ1) is 6.72. The van der Waals surface area contributed by atoms with E-state index in [9.17, 15) is 4.79 Å². The minimum absolute atomic E-state index is 0.0777. The highest BCUT2D eigenvalue weighted by Gasteiger charge is 1.99. The van der Waals surface area contributed by atoms with Gasteiger partial charge in [0.15, 0.2) is 0 Å². The molecule has 0 aliphatic heterocycles. The van der Waals surface area contributed by atoms with Gasteiger partial charge in [-0.2, -0.15) is 0 Å². The molecule has 0 bridgehead atoms. The van der Waals surface area contributed by atoms with E-state index in [2.05, 4.69) is 20.6 Å². The van der Waals surface area contributed by atoms with Crippen molar-refractivity contribution in [1.29, 1.82) is 0 Å². The Labute approximate surface area is 81.9 Å². The van der Waals surface area contributed by atoms with Gasteiger partial charge in [0.1, 0.15) is 11.6 Å². The first-order valence-electron chi connectivity index (χ1n) is 4.30. The minimum atomic E-state index is -0.0777. The highest BCUT2D eigenvalue weighted by molar-refractivity contribution is 5.80. The number of nitrogen functional groups attached to an aromatic ring is 1. The molecule has 0 saturated carbocycles. The summed E-state index contributed by atoms with van der Waals surface area (Å²) in [5, 5.41) is 5.47. The number of rotatable bonds is 4. The third-order valence-corrected chi connectivity index (χ3v) is 1.48. The molecule has 4 N–H and O–H groups in total. The van der Waals surface area contributed by atoms with E-state index in [4.69, 9.17) is 5.73 Å². The highest BCUT2D eigenvalue weighted by atomic mass is 16.1. The third kappa shape index (κ3) is 3.26. The summed E-state index contributed by atoms with van der Waals surface area (Å²) < 4.78 is 0. The Morgan fingerprint density at radius 2 is 2.29 bits per heavy atom. The molecule has 1 amide bonds. The van der Waals surface area contributed by atoms with E-state index in [-0.39, 0.29) is 12.5 Å². The average Bonchev–Trinajstić information content (AvgIpc) is 2.17. The molecule has 0 aliphatic carbocycles. The van der Waals surface area contributed by atoms with Crippen molar-refractivity contribution in [3.8, 4) is 0 Å². The summed E-state index contributed by atoms with van der Waals surface area (Å²) in [5.74, 6) is 0.810. The molecule has 0 spiro atoms. The molecule has 0 saturated heterocycles. The molecule has 0 fully saturated rings. The van der Waals surface area contributed by atoms with Crippen LogP contribution in [0.5, 0.6) is 0 Å². The van der Waals surface area contributed by atoms with Gasteiger partial charge in [-0.25, -0.2) is 9.97 Å². The van der Waals surface area contributed by atoms with Crippen LogP contribution >= 0.6 is 0 Å². The fraction of sp³-hybridized carbons (Fsp3) is 0.375. The summed E-state index contributed by atoms with van der Waals surface area (Å²) in [4.78, 5) is 18.8. The molecule has 6 nitrogen and oxygen atoms in total. The van der Waals surface area contributed by atoms with Gasteiger partial charge >= 0.3 is 0 Å². The molecule has 1 heterocycles. The van der Waals surface area contributed by atoms with E-state index >= 15 is 0 Å². The summed E-state index contributed by atoms with van der Waals surface area (Å²) in [7, 11) is 0. The smallest absolute Gasteiger partial charge is 0.239 e. The van der Waals surface area contributed by atoms with Crippen LogP contribution < -0.4 is 16.4 Å². The molecule has 14 heavy (non-hydrogen) atoms. The Morgan fingerprint density at radius 3 is 2.86 bits per heavy atom. The SMILES string of the molecule is CCNC(=O)CNc1cnc(N)cn1. The third-order valence-electron chi connectivity index (χ3n) is 1.48. The van der Waals surface area contributed by atoms with Gasteiger partial charge in [-0.05, 0) is 6.92 Å². The zero-order valence-electron chi connectivity index (χ0n) is 7.95. The number of anilines is 2. The zero-order valence-corrected chi connectivity index (χ0v) is 7.95. The van der Waals surface area contributed by atoms with Crippen LogP contribution in [0, 0.1) is 0 Å². The lowest BCUT2D eigenvalue weighted by atomic mass is 10.5. The van der Waals surface area contributed by atoms with E-state index in [1.807, 2.05) is 6.92 Å². The van der Waals surface area contributed by atoms with E-state index < -0.39 is 0 Å². The van der Waals surface area contributed by atoms with Crippen molar-refractivity contribution in [2.75, 3.05) is 24.1 Å².